The van der Waals surface area contributed by atoms with Gasteiger partial charge in [-0.25, -0.2) is 4.68 Å². The predicted octanol–water partition coefficient (Wildman–Crippen LogP) is 1.84. The van der Waals surface area contributed by atoms with E-state index in [-0.39, 0.29) is 23.0 Å². The van der Waals surface area contributed by atoms with Gasteiger partial charge in [0.25, 0.3) is 0 Å². The number of carbonyl (C=O) groups excluding carboxylic acids is 2. The van der Waals surface area contributed by atoms with Crippen molar-refractivity contribution in [2.75, 3.05) is 25.5 Å². The Morgan fingerprint density at radius 3 is 2.71 bits per heavy atom. The van der Waals surface area contributed by atoms with Gasteiger partial charge < -0.3 is 19.9 Å². The lowest BCUT2D eigenvalue weighted by Gasteiger charge is -2.32. The van der Waals surface area contributed by atoms with E-state index in [4.69, 9.17) is 15.0 Å². The van der Waals surface area contributed by atoms with E-state index in [9.17, 15) is 9.59 Å². The summed E-state index contributed by atoms with van der Waals surface area (Å²) in [5, 5.41) is 8.32. The van der Waals surface area contributed by atoms with Gasteiger partial charge in [-0.2, -0.15) is 0 Å². The van der Waals surface area contributed by atoms with Gasteiger partial charge >= 0.3 is 5.97 Å². The van der Waals surface area contributed by atoms with E-state index < -0.39 is 0 Å². The van der Waals surface area contributed by atoms with Crippen LogP contribution in [0.25, 0.3) is 11.4 Å². The molecule has 0 bridgehead atoms. The van der Waals surface area contributed by atoms with E-state index in [2.05, 4.69) is 10.2 Å². The Labute approximate surface area is 167 Å². The molecule has 2 aromatic heterocycles. The summed E-state index contributed by atoms with van der Waals surface area (Å²) in [5.74, 6) is 7.01. The molecule has 1 saturated heterocycles. The SMILES string of the molecule is CCOC(=O)C1CCN(C(=O)C(C)Sc2nnc(-c3ccoc3C)n2N)CC1. The van der Waals surface area contributed by atoms with Crippen molar-refractivity contribution >= 4 is 23.6 Å². The van der Waals surface area contributed by atoms with E-state index in [1.165, 1.54) is 16.4 Å². The maximum atomic E-state index is 12.8. The fourth-order valence-electron chi connectivity index (χ4n) is 3.22. The van der Waals surface area contributed by atoms with Crippen LogP contribution in [-0.4, -0.2) is 56.6 Å². The van der Waals surface area contributed by atoms with Crippen molar-refractivity contribution in [1.29, 1.82) is 0 Å². The highest BCUT2D eigenvalue weighted by Crippen LogP contribution is 2.28. The molecular weight excluding hydrogens is 382 g/mol. The molecule has 0 aliphatic carbocycles. The number of nitrogen functional groups attached to an aromatic ring is 1. The summed E-state index contributed by atoms with van der Waals surface area (Å²) in [5.41, 5.74) is 0.766. The fraction of sp³-hybridized carbons (Fsp3) is 0.556. The minimum atomic E-state index is -0.371. The van der Waals surface area contributed by atoms with Crippen molar-refractivity contribution in [3.05, 3.63) is 18.1 Å². The lowest BCUT2D eigenvalue weighted by atomic mass is 9.97. The highest BCUT2D eigenvalue weighted by atomic mass is 32.2. The maximum absolute atomic E-state index is 12.8. The van der Waals surface area contributed by atoms with Crippen LogP contribution in [0.1, 0.15) is 32.4 Å². The Hall–Kier alpha value is -2.49. The Morgan fingerprint density at radius 2 is 2.11 bits per heavy atom. The average molecular weight is 407 g/mol. The molecule has 2 aromatic rings. The number of nitrogens with two attached hydrogens (primary N) is 1. The molecule has 1 atom stereocenters. The molecule has 10 heteroatoms. The zero-order valence-corrected chi connectivity index (χ0v) is 17.1. The summed E-state index contributed by atoms with van der Waals surface area (Å²) < 4.78 is 11.7. The summed E-state index contributed by atoms with van der Waals surface area (Å²) in [6.07, 6.45) is 2.82. The molecule has 3 rings (SSSR count). The number of nitrogens with zero attached hydrogens (tertiary/aromatic N) is 4. The largest absolute Gasteiger partial charge is 0.469 e. The van der Waals surface area contributed by atoms with Crippen LogP contribution in [0.5, 0.6) is 0 Å². The van der Waals surface area contributed by atoms with Crippen LogP contribution in [0.2, 0.25) is 0 Å². The van der Waals surface area contributed by atoms with Crippen molar-refractivity contribution in [3.63, 3.8) is 0 Å². The van der Waals surface area contributed by atoms with Crippen LogP contribution in [-0.2, 0) is 14.3 Å². The molecule has 0 spiro atoms. The second-order valence-electron chi connectivity index (χ2n) is 6.68. The van der Waals surface area contributed by atoms with E-state index in [0.717, 1.165) is 5.56 Å². The molecular formula is C18H25N5O4S. The van der Waals surface area contributed by atoms with Crippen molar-refractivity contribution < 1.29 is 18.7 Å². The first-order valence-corrected chi connectivity index (χ1v) is 10.2. The van der Waals surface area contributed by atoms with E-state index in [1.54, 1.807) is 24.2 Å². The number of piperidine rings is 1. The van der Waals surface area contributed by atoms with E-state index in [0.29, 0.717) is 49.3 Å². The second-order valence-corrected chi connectivity index (χ2v) is 7.99. The third-order valence-corrected chi connectivity index (χ3v) is 5.87. The molecule has 2 N–H and O–H groups in total. The van der Waals surface area contributed by atoms with Crippen LogP contribution in [0.4, 0.5) is 0 Å². The molecule has 152 valence electrons. The molecule has 3 heterocycles. The zero-order valence-electron chi connectivity index (χ0n) is 16.3. The lowest BCUT2D eigenvalue weighted by molar-refractivity contribution is -0.151. The van der Waals surface area contributed by atoms with Crippen LogP contribution < -0.4 is 5.84 Å². The van der Waals surface area contributed by atoms with E-state index in [1.807, 2.05) is 13.8 Å². The van der Waals surface area contributed by atoms with Gasteiger partial charge in [-0.3, -0.25) is 9.59 Å². The van der Waals surface area contributed by atoms with Gasteiger partial charge in [0.1, 0.15) is 5.76 Å². The maximum Gasteiger partial charge on any atom is 0.309 e. The van der Waals surface area contributed by atoms with Gasteiger partial charge in [-0.05, 0) is 39.7 Å². The second kappa shape index (κ2) is 8.68. The number of aromatic nitrogens is 3. The predicted molar refractivity (Wildman–Crippen MR) is 104 cm³/mol. The van der Waals surface area contributed by atoms with Crippen LogP contribution in [0, 0.1) is 12.8 Å². The summed E-state index contributed by atoms with van der Waals surface area (Å²) >= 11 is 1.26. The summed E-state index contributed by atoms with van der Waals surface area (Å²) in [6, 6.07) is 1.78. The Bertz CT molecular complexity index is 841. The normalized spacial score (nSPS) is 16.2. The molecule has 0 radical (unpaired) electrons. The van der Waals surface area contributed by atoms with Crippen molar-refractivity contribution in [2.24, 2.45) is 5.92 Å². The van der Waals surface area contributed by atoms with E-state index >= 15 is 0 Å². The number of furan rings is 1. The number of carbonyl (C=O) groups is 2. The van der Waals surface area contributed by atoms with Crippen molar-refractivity contribution in [1.82, 2.24) is 19.8 Å². The van der Waals surface area contributed by atoms with Crippen LogP contribution in [0.15, 0.2) is 21.9 Å². The molecule has 1 amide bonds. The minimum Gasteiger partial charge on any atom is -0.469 e. The third kappa shape index (κ3) is 4.16. The number of aryl methyl sites for hydroxylation is 1. The van der Waals surface area contributed by atoms with Gasteiger partial charge in [-0.15, -0.1) is 10.2 Å². The number of amides is 1. The molecule has 0 aromatic carbocycles. The first-order valence-electron chi connectivity index (χ1n) is 9.29. The Kier molecular flexibility index (Phi) is 6.28. The minimum absolute atomic E-state index is 0.00338. The van der Waals surface area contributed by atoms with Crippen LogP contribution >= 0.6 is 11.8 Å². The number of esters is 1. The number of ether oxygens (including phenoxy) is 1. The van der Waals surface area contributed by atoms with Crippen molar-refractivity contribution in [2.45, 2.75) is 44.0 Å². The summed E-state index contributed by atoms with van der Waals surface area (Å²) in [4.78, 5) is 26.4. The number of hydrogen-bond donors (Lipinski definition) is 1. The van der Waals surface area contributed by atoms with Crippen molar-refractivity contribution in [3.8, 4) is 11.4 Å². The van der Waals surface area contributed by atoms with Gasteiger partial charge in [0.2, 0.25) is 11.1 Å². The molecule has 28 heavy (non-hydrogen) atoms. The first kappa shape index (κ1) is 20.2. The number of likely N-dealkylation sites (tertiary alicyclic amines) is 1. The number of rotatable bonds is 6. The molecule has 9 nitrogen and oxygen atoms in total. The molecule has 1 fully saturated rings. The quantitative estimate of drug-likeness (QED) is 0.438. The zero-order chi connectivity index (χ0) is 20.3. The van der Waals surface area contributed by atoms with Gasteiger partial charge in [0.15, 0.2) is 5.82 Å². The smallest absolute Gasteiger partial charge is 0.309 e. The fourth-order valence-corrected chi connectivity index (χ4v) is 4.07. The topological polar surface area (TPSA) is 116 Å². The Morgan fingerprint density at radius 1 is 1.39 bits per heavy atom. The molecule has 0 saturated carbocycles. The Balaban J connectivity index is 1.59. The highest BCUT2D eigenvalue weighted by Gasteiger charge is 2.31. The van der Waals surface area contributed by atoms with Crippen LogP contribution in [0.3, 0.4) is 0 Å². The summed E-state index contributed by atoms with van der Waals surface area (Å²) in [7, 11) is 0. The number of hydrogen-bond acceptors (Lipinski definition) is 8. The molecule has 1 aliphatic rings. The first-order chi connectivity index (χ1) is 13.4. The van der Waals surface area contributed by atoms with Gasteiger partial charge in [0, 0.05) is 13.1 Å². The summed E-state index contributed by atoms with van der Waals surface area (Å²) in [6.45, 7) is 6.91. The molecule has 1 unspecified atom stereocenters. The van der Waals surface area contributed by atoms with Gasteiger partial charge in [0.05, 0.1) is 29.6 Å². The van der Waals surface area contributed by atoms with Gasteiger partial charge in [-0.1, -0.05) is 11.8 Å². The standard InChI is InChI=1S/C18H25N5O4S/c1-4-26-17(25)13-5-8-22(9-6-13)16(24)12(3)28-18-21-20-15(23(18)19)14-7-10-27-11(14)2/h7,10,12-13H,4-6,8-9,19H2,1-3H3. The monoisotopic (exact) mass is 407 g/mol. The molecule has 1 aliphatic heterocycles. The highest BCUT2D eigenvalue weighted by molar-refractivity contribution is 8.00. The average Bonchev–Trinajstić information content (AvgIpc) is 3.27. The lowest BCUT2D eigenvalue weighted by Crippen LogP contribution is -2.43. The number of thioether (sulfide) groups is 1. The third-order valence-electron chi connectivity index (χ3n) is 4.82.